The molecule has 2 amide bonds. The van der Waals surface area contributed by atoms with Crippen molar-refractivity contribution in [3.63, 3.8) is 0 Å². The van der Waals surface area contributed by atoms with Gasteiger partial charge in [-0.1, -0.05) is 23.8 Å². The van der Waals surface area contributed by atoms with Crippen LogP contribution in [0.2, 0.25) is 0 Å². The number of anilines is 1. The summed E-state index contributed by atoms with van der Waals surface area (Å²) in [7, 11) is 0. The van der Waals surface area contributed by atoms with Crippen LogP contribution >= 0.6 is 11.3 Å². The van der Waals surface area contributed by atoms with Crippen LogP contribution in [-0.4, -0.2) is 28.4 Å². The molecule has 0 atom stereocenters. The Morgan fingerprint density at radius 1 is 1.24 bits per heavy atom. The lowest BCUT2D eigenvalue weighted by molar-refractivity contribution is -0.120. The van der Waals surface area contributed by atoms with E-state index in [4.69, 9.17) is 21.9 Å². The molecule has 128 valence electrons. The van der Waals surface area contributed by atoms with Crippen LogP contribution in [0.3, 0.4) is 0 Å². The average molecular weight is 357 g/mol. The molecule has 3 aromatic rings. The standard InChI is InChI=1S/C16H15N5O3S/c1-7-3-2-4-8(5-7)12-10-11(18)13(14(19)23)25-15(10)21-16(20-12)24-6-9(17)22/h2-5H,6,18H2,1H3,(H2,17,22)(H2,19,23). The van der Waals surface area contributed by atoms with Crippen LogP contribution in [-0.2, 0) is 4.79 Å². The number of amides is 2. The van der Waals surface area contributed by atoms with E-state index in [1.54, 1.807) is 0 Å². The number of benzene rings is 1. The van der Waals surface area contributed by atoms with Gasteiger partial charge in [-0.2, -0.15) is 9.97 Å². The zero-order valence-electron chi connectivity index (χ0n) is 13.3. The summed E-state index contributed by atoms with van der Waals surface area (Å²) in [6, 6.07) is 7.56. The number of rotatable bonds is 5. The summed E-state index contributed by atoms with van der Waals surface area (Å²) in [6.45, 7) is 1.58. The van der Waals surface area contributed by atoms with Gasteiger partial charge in [0.15, 0.2) is 6.61 Å². The van der Waals surface area contributed by atoms with Gasteiger partial charge in [-0.3, -0.25) is 9.59 Å². The summed E-state index contributed by atoms with van der Waals surface area (Å²) < 4.78 is 5.23. The van der Waals surface area contributed by atoms with Crippen molar-refractivity contribution in [2.24, 2.45) is 11.5 Å². The molecular weight excluding hydrogens is 342 g/mol. The van der Waals surface area contributed by atoms with E-state index in [1.807, 2.05) is 31.2 Å². The Balaban J connectivity index is 2.26. The van der Waals surface area contributed by atoms with Crippen molar-refractivity contribution in [3.8, 4) is 17.3 Å². The molecule has 0 bridgehead atoms. The van der Waals surface area contributed by atoms with E-state index in [2.05, 4.69) is 9.97 Å². The average Bonchev–Trinajstić information content (AvgIpc) is 2.89. The number of aryl methyl sites for hydroxylation is 1. The Hall–Kier alpha value is -3.20. The fourth-order valence-corrected chi connectivity index (χ4v) is 3.33. The smallest absolute Gasteiger partial charge is 0.318 e. The fraction of sp³-hybridized carbons (Fsp3) is 0.125. The number of primary amides is 2. The normalized spacial score (nSPS) is 10.8. The summed E-state index contributed by atoms with van der Waals surface area (Å²) in [4.78, 5) is 31.8. The molecule has 25 heavy (non-hydrogen) atoms. The number of fused-ring (bicyclic) bond motifs is 1. The second-order valence-corrected chi connectivity index (χ2v) is 6.37. The van der Waals surface area contributed by atoms with Gasteiger partial charge in [0, 0.05) is 5.56 Å². The van der Waals surface area contributed by atoms with Gasteiger partial charge in [0.2, 0.25) is 0 Å². The predicted octanol–water partition coefficient (Wildman–Crippen LogP) is 1.21. The number of hydrogen-bond donors (Lipinski definition) is 3. The third-order valence-corrected chi connectivity index (χ3v) is 4.54. The molecule has 3 rings (SSSR count). The third-order valence-electron chi connectivity index (χ3n) is 3.43. The lowest BCUT2D eigenvalue weighted by Crippen LogP contribution is -2.20. The van der Waals surface area contributed by atoms with Crippen LogP contribution in [0, 0.1) is 6.92 Å². The first-order chi connectivity index (χ1) is 11.9. The van der Waals surface area contributed by atoms with E-state index in [9.17, 15) is 9.59 Å². The third kappa shape index (κ3) is 3.22. The molecule has 0 aliphatic carbocycles. The Morgan fingerprint density at radius 3 is 2.64 bits per heavy atom. The first-order valence-corrected chi connectivity index (χ1v) is 8.06. The molecule has 0 spiro atoms. The topological polar surface area (TPSA) is 147 Å². The monoisotopic (exact) mass is 357 g/mol. The lowest BCUT2D eigenvalue weighted by Gasteiger charge is -2.08. The molecule has 2 heterocycles. The molecule has 0 unspecified atom stereocenters. The first kappa shape index (κ1) is 16.7. The Bertz CT molecular complexity index is 999. The predicted molar refractivity (Wildman–Crippen MR) is 95.2 cm³/mol. The van der Waals surface area contributed by atoms with E-state index < -0.39 is 11.8 Å². The molecule has 0 aliphatic rings. The number of carbonyl (C=O) groups excluding carboxylic acids is 2. The van der Waals surface area contributed by atoms with Crippen molar-refractivity contribution in [3.05, 3.63) is 34.7 Å². The number of carbonyl (C=O) groups is 2. The van der Waals surface area contributed by atoms with Gasteiger partial charge < -0.3 is 21.9 Å². The van der Waals surface area contributed by atoms with E-state index in [0.29, 0.717) is 15.9 Å². The quantitative estimate of drug-likeness (QED) is 0.625. The second kappa shape index (κ2) is 6.36. The minimum atomic E-state index is -0.649. The van der Waals surface area contributed by atoms with Crippen molar-refractivity contribution in [1.29, 1.82) is 0 Å². The maximum atomic E-state index is 11.6. The van der Waals surface area contributed by atoms with Gasteiger partial charge in [-0.15, -0.1) is 11.3 Å². The van der Waals surface area contributed by atoms with Crippen LogP contribution in [0.5, 0.6) is 6.01 Å². The van der Waals surface area contributed by atoms with Crippen LogP contribution in [0.4, 0.5) is 5.69 Å². The molecule has 0 fully saturated rings. The molecule has 0 saturated heterocycles. The molecule has 8 nitrogen and oxygen atoms in total. The summed E-state index contributed by atoms with van der Waals surface area (Å²) in [5.41, 5.74) is 19.1. The van der Waals surface area contributed by atoms with E-state index in [0.717, 1.165) is 22.5 Å². The van der Waals surface area contributed by atoms with Gasteiger partial charge in [0.25, 0.3) is 11.8 Å². The number of hydrogen-bond acceptors (Lipinski definition) is 7. The number of thiophene rings is 1. The van der Waals surface area contributed by atoms with Crippen molar-refractivity contribution in [2.45, 2.75) is 6.92 Å². The van der Waals surface area contributed by atoms with Crippen molar-refractivity contribution in [2.75, 3.05) is 12.3 Å². The number of nitrogens with zero attached hydrogens (tertiary/aromatic N) is 2. The molecule has 1 aromatic carbocycles. The summed E-state index contributed by atoms with van der Waals surface area (Å²) in [5.74, 6) is -1.29. The van der Waals surface area contributed by atoms with Crippen molar-refractivity contribution >= 4 is 39.1 Å². The number of ether oxygens (including phenoxy) is 1. The van der Waals surface area contributed by atoms with Gasteiger partial charge >= 0.3 is 6.01 Å². The van der Waals surface area contributed by atoms with Gasteiger partial charge in [-0.25, -0.2) is 0 Å². The van der Waals surface area contributed by atoms with Crippen molar-refractivity contribution in [1.82, 2.24) is 9.97 Å². The molecule has 0 radical (unpaired) electrons. The maximum absolute atomic E-state index is 11.6. The van der Waals surface area contributed by atoms with Crippen LogP contribution < -0.4 is 21.9 Å². The minimum Gasteiger partial charge on any atom is -0.453 e. The highest BCUT2D eigenvalue weighted by atomic mass is 32.1. The highest BCUT2D eigenvalue weighted by Crippen LogP contribution is 2.39. The number of nitrogen functional groups attached to an aromatic ring is 1. The van der Waals surface area contributed by atoms with E-state index >= 15 is 0 Å². The van der Waals surface area contributed by atoms with Crippen LogP contribution in [0.25, 0.3) is 21.5 Å². The molecule has 0 aliphatic heterocycles. The summed E-state index contributed by atoms with van der Waals surface area (Å²) in [6.07, 6.45) is 0. The first-order valence-electron chi connectivity index (χ1n) is 7.24. The highest BCUT2D eigenvalue weighted by molar-refractivity contribution is 7.21. The molecule has 0 saturated carbocycles. The lowest BCUT2D eigenvalue weighted by atomic mass is 10.1. The summed E-state index contributed by atoms with van der Waals surface area (Å²) >= 11 is 1.05. The highest BCUT2D eigenvalue weighted by Gasteiger charge is 2.21. The van der Waals surface area contributed by atoms with E-state index in [-0.39, 0.29) is 23.2 Å². The van der Waals surface area contributed by atoms with Gasteiger partial charge in [0.05, 0.1) is 16.8 Å². The maximum Gasteiger partial charge on any atom is 0.318 e. The van der Waals surface area contributed by atoms with Crippen LogP contribution in [0.1, 0.15) is 15.2 Å². The second-order valence-electron chi connectivity index (χ2n) is 5.37. The molecule has 6 N–H and O–H groups in total. The minimum absolute atomic E-state index is 0.0277. The number of aromatic nitrogens is 2. The molecule has 2 aromatic heterocycles. The fourth-order valence-electron chi connectivity index (χ4n) is 2.39. The van der Waals surface area contributed by atoms with E-state index in [1.165, 1.54) is 0 Å². The van der Waals surface area contributed by atoms with Gasteiger partial charge in [0.1, 0.15) is 9.71 Å². The Kier molecular flexibility index (Phi) is 4.24. The van der Waals surface area contributed by atoms with Crippen molar-refractivity contribution < 1.29 is 14.3 Å². The Morgan fingerprint density at radius 2 is 2.00 bits per heavy atom. The summed E-state index contributed by atoms with van der Waals surface area (Å²) in [5, 5.41) is 0.524. The number of nitrogens with two attached hydrogens (primary N) is 3. The molecule has 9 heteroatoms. The Labute approximate surface area is 146 Å². The largest absolute Gasteiger partial charge is 0.453 e. The zero-order chi connectivity index (χ0) is 18.1. The van der Waals surface area contributed by atoms with Crippen LogP contribution in [0.15, 0.2) is 24.3 Å². The molecular formula is C16H15N5O3S. The van der Waals surface area contributed by atoms with Gasteiger partial charge in [-0.05, 0) is 13.0 Å². The SMILES string of the molecule is Cc1cccc(-c2nc(OCC(N)=O)nc3sc(C(N)=O)c(N)c23)c1. The zero-order valence-corrected chi connectivity index (χ0v) is 14.1.